The normalized spacial score (nSPS) is 16.3. The average molecular weight is 372 g/mol. The maximum atomic E-state index is 9.23. The van der Waals surface area contributed by atoms with Crippen LogP contribution in [0.3, 0.4) is 0 Å². The van der Waals surface area contributed by atoms with E-state index < -0.39 is 0 Å². The molecule has 3 aromatic rings. The van der Waals surface area contributed by atoms with Gasteiger partial charge in [-0.15, -0.1) is 0 Å². The van der Waals surface area contributed by atoms with Crippen molar-refractivity contribution in [3.63, 3.8) is 0 Å². The van der Waals surface area contributed by atoms with Crippen LogP contribution in [0.15, 0.2) is 48.5 Å². The summed E-state index contributed by atoms with van der Waals surface area (Å²) < 4.78 is 5.97. The molecular weight excluding hydrogens is 348 g/mol. The van der Waals surface area contributed by atoms with Crippen LogP contribution >= 0.6 is 0 Å². The van der Waals surface area contributed by atoms with E-state index in [1.165, 1.54) is 5.69 Å². The van der Waals surface area contributed by atoms with Gasteiger partial charge in [-0.1, -0.05) is 18.2 Å². The second-order valence-electron chi connectivity index (χ2n) is 7.24. The van der Waals surface area contributed by atoms with Crippen LogP contribution in [0.4, 0.5) is 5.69 Å². The molecule has 1 saturated heterocycles. The topological polar surface area (TPSA) is 61.2 Å². The first-order valence-corrected chi connectivity index (χ1v) is 9.62. The number of nitrogens with zero attached hydrogens (tertiary/aromatic N) is 3. The molecule has 28 heavy (non-hydrogen) atoms. The summed E-state index contributed by atoms with van der Waals surface area (Å²) in [5.74, 6) is 0.763. The third-order valence-corrected chi connectivity index (χ3v) is 5.36. The molecule has 1 aliphatic heterocycles. The average Bonchev–Trinajstić information content (AvgIpc) is 3.20. The highest BCUT2D eigenvalue weighted by Crippen LogP contribution is 2.31. The van der Waals surface area contributed by atoms with Crippen LogP contribution in [0.5, 0.6) is 5.75 Å². The summed E-state index contributed by atoms with van der Waals surface area (Å²) in [6.07, 6.45) is 1.15. The standard InChI is InChI=1S/C23H24N4O/c1-16-11-23(27-10-9-19(14-27)25-2)21-8-7-20(12-22(21)26-16)28-15-18-6-4-3-5-17(18)13-24/h3-8,11-12,19,25H,9-10,14-15H2,1-2H3. The van der Waals surface area contributed by atoms with Crippen molar-refractivity contribution in [3.05, 3.63) is 65.4 Å². The molecule has 0 saturated carbocycles. The quantitative estimate of drug-likeness (QED) is 0.738. The van der Waals surface area contributed by atoms with Gasteiger partial charge in [0.1, 0.15) is 12.4 Å². The van der Waals surface area contributed by atoms with E-state index in [0.29, 0.717) is 18.2 Å². The highest BCUT2D eigenvalue weighted by atomic mass is 16.5. The van der Waals surface area contributed by atoms with Gasteiger partial charge in [0, 0.05) is 47.5 Å². The van der Waals surface area contributed by atoms with E-state index in [4.69, 9.17) is 9.72 Å². The number of rotatable bonds is 5. The van der Waals surface area contributed by atoms with Crippen LogP contribution in [-0.2, 0) is 6.61 Å². The van der Waals surface area contributed by atoms with Gasteiger partial charge in [0.25, 0.3) is 0 Å². The fourth-order valence-electron chi connectivity index (χ4n) is 3.80. The van der Waals surface area contributed by atoms with E-state index >= 15 is 0 Å². The van der Waals surface area contributed by atoms with Crippen molar-refractivity contribution in [1.82, 2.24) is 10.3 Å². The molecule has 1 unspecified atom stereocenters. The number of anilines is 1. The van der Waals surface area contributed by atoms with Crippen molar-refractivity contribution < 1.29 is 4.74 Å². The van der Waals surface area contributed by atoms with Crippen LogP contribution < -0.4 is 15.0 Å². The number of fused-ring (bicyclic) bond motifs is 1. The Balaban J connectivity index is 1.60. The largest absolute Gasteiger partial charge is 0.489 e. The fraction of sp³-hybridized carbons (Fsp3) is 0.304. The number of ether oxygens (including phenoxy) is 1. The predicted octanol–water partition coefficient (Wildman–Crippen LogP) is 3.79. The van der Waals surface area contributed by atoms with Gasteiger partial charge in [0.15, 0.2) is 0 Å². The zero-order valence-electron chi connectivity index (χ0n) is 16.3. The smallest absolute Gasteiger partial charge is 0.122 e. The lowest BCUT2D eigenvalue weighted by Gasteiger charge is -2.21. The summed E-state index contributed by atoms with van der Waals surface area (Å²) >= 11 is 0. The third kappa shape index (κ3) is 3.64. The molecule has 0 radical (unpaired) electrons. The van der Waals surface area contributed by atoms with Crippen molar-refractivity contribution in [2.45, 2.75) is 26.0 Å². The van der Waals surface area contributed by atoms with Gasteiger partial charge in [-0.05, 0) is 44.7 Å². The SMILES string of the molecule is CNC1CCN(c2cc(C)nc3cc(OCc4ccccc4C#N)ccc23)C1. The fourth-order valence-corrected chi connectivity index (χ4v) is 3.80. The first-order valence-electron chi connectivity index (χ1n) is 9.62. The molecule has 1 atom stereocenters. The number of benzene rings is 2. The predicted molar refractivity (Wildman–Crippen MR) is 112 cm³/mol. The lowest BCUT2D eigenvalue weighted by molar-refractivity contribution is 0.306. The van der Waals surface area contributed by atoms with E-state index in [2.05, 4.69) is 28.4 Å². The molecular formula is C23H24N4O. The summed E-state index contributed by atoms with van der Waals surface area (Å²) in [5, 5.41) is 13.8. The zero-order valence-corrected chi connectivity index (χ0v) is 16.3. The molecule has 142 valence electrons. The monoisotopic (exact) mass is 372 g/mol. The lowest BCUT2D eigenvalue weighted by Crippen LogP contribution is -2.29. The van der Waals surface area contributed by atoms with Crippen molar-refractivity contribution in [3.8, 4) is 11.8 Å². The summed E-state index contributed by atoms with van der Waals surface area (Å²) in [5.41, 5.74) is 4.71. The number of likely N-dealkylation sites (N-methyl/N-ethyl adjacent to an activating group) is 1. The van der Waals surface area contributed by atoms with E-state index in [9.17, 15) is 5.26 Å². The molecule has 0 amide bonds. The van der Waals surface area contributed by atoms with Crippen LogP contribution in [0, 0.1) is 18.3 Å². The minimum Gasteiger partial charge on any atom is -0.489 e. The van der Waals surface area contributed by atoms with E-state index in [0.717, 1.165) is 47.4 Å². The first kappa shape index (κ1) is 18.3. The Morgan fingerprint density at radius 1 is 1.25 bits per heavy atom. The maximum absolute atomic E-state index is 9.23. The Hall–Kier alpha value is -3.10. The Morgan fingerprint density at radius 2 is 2.11 bits per heavy atom. The molecule has 1 N–H and O–H groups in total. The van der Waals surface area contributed by atoms with Gasteiger partial charge in [-0.25, -0.2) is 0 Å². The summed E-state index contributed by atoms with van der Waals surface area (Å²) in [7, 11) is 2.03. The molecule has 1 aromatic heterocycles. The molecule has 5 nitrogen and oxygen atoms in total. The van der Waals surface area contributed by atoms with Crippen LogP contribution in [0.2, 0.25) is 0 Å². The van der Waals surface area contributed by atoms with Gasteiger partial charge in [-0.2, -0.15) is 5.26 Å². The van der Waals surface area contributed by atoms with Gasteiger partial charge in [0.05, 0.1) is 17.1 Å². The van der Waals surface area contributed by atoms with Gasteiger partial charge in [-0.3, -0.25) is 4.98 Å². The van der Waals surface area contributed by atoms with E-state index in [1.807, 2.05) is 50.4 Å². The molecule has 1 aliphatic rings. The highest BCUT2D eigenvalue weighted by Gasteiger charge is 2.23. The number of nitrogens with one attached hydrogen (secondary N) is 1. The highest BCUT2D eigenvalue weighted by molar-refractivity contribution is 5.93. The molecule has 0 aliphatic carbocycles. The second kappa shape index (κ2) is 7.87. The molecule has 0 bridgehead atoms. The van der Waals surface area contributed by atoms with Gasteiger partial charge < -0.3 is 15.0 Å². The van der Waals surface area contributed by atoms with Gasteiger partial charge >= 0.3 is 0 Å². The minimum atomic E-state index is 0.365. The zero-order chi connectivity index (χ0) is 19.5. The number of aryl methyl sites for hydroxylation is 1. The molecule has 2 aromatic carbocycles. The Bertz CT molecular complexity index is 1040. The van der Waals surface area contributed by atoms with E-state index in [-0.39, 0.29) is 0 Å². The second-order valence-corrected chi connectivity index (χ2v) is 7.24. The molecule has 1 fully saturated rings. The van der Waals surface area contributed by atoms with Crippen LogP contribution in [0.25, 0.3) is 10.9 Å². The van der Waals surface area contributed by atoms with Crippen molar-refractivity contribution >= 4 is 16.6 Å². The Kier molecular flexibility index (Phi) is 5.14. The van der Waals surface area contributed by atoms with Gasteiger partial charge in [0.2, 0.25) is 0 Å². The van der Waals surface area contributed by atoms with E-state index in [1.54, 1.807) is 0 Å². The lowest BCUT2D eigenvalue weighted by atomic mass is 10.1. The van der Waals surface area contributed by atoms with Crippen molar-refractivity contribution in [1.29, 1.82) is 5.26 Å². The first-order chi connectivity index (χ1) is 13.7. The number of aromatic nitrogens is 1. The van der Waals surface area contributed by atoms with Crippen LogP contribution in [0.1, 0.15) is 23.2 Å². The summed E-state index contributed by atoms with van der Waals surface area (Å²) in [6, 6.07) is 18.5. The number of pyridine rings is 1. The molecule has 2 heterocycles. The van der Waals surface area contributed by atoms with Crippen LogP contribution in [-0.4, -0.2) is 31.2 Å². The van der Waals surface area contributed by atoms with Crippen molar-refractivity contribution in [2.75, 3.05) is 25.0 Å². The summed E-state index contributed by atoms with van der Waals surface area (Å²) in [4.78, 5) is 7.15. The number of hydrogen-bond acceptors (Lipinski definition) is 5. The third-order valence-electron chi connectivity index (χ3n) is 5.36. The number of nitriles is 1. The molecule has 4 rings (SSSR count). The summed E-state index contributed by atoms with van der Waals surface area (Å²) in [6.45, 7) is 4.46. The number of hydrogen-bond donors (Lipinski definition) is 1. The molecule has 0 spiro atoms. The van der Waals surface area contributed by atoms with Crippen molar-refractivity contribution in [2.24, 2.45) is 0 Å². The minimum absolute atomic E-state index is 0.365. The Labute approximate surface area is 165 Å². The maximum Gasteiger partial charge on any atom is 0.122 e. The Morgan fingerprint density at radius 3 is 2.89 bits per heavy atom. The molecule has 5 heteroatoms.